The number of benzene rings is 1. The number of thiazole rings is 1. The zero-order chi connectivity index (χ0) is 19.8. The number of aromatic nitrogens is 1. The number of hydrogen-bond donors (Lipinski definition) is 0. The van der Waals surface area contributed by atoms with Crippen LogP contribution in [0.15, 0.2) is 22.7 Å². The van der Waals surface area contributed by atoms with E-state index in [1.807, 2.05) is 39.0 Å². The summed E-state index contributed by atoms with van der Waals surface area (Å²) >= 11 is 11.0. The van der Waals surface area contributed by atoms with E-state index < -0.39 is 5.60 Å². The van der Waals surface area contributed by atoms with E-state index >= 15 is 0 Å². The van der Waals surface area contributed by atoms with Crippen LogP contribution in [0.4, 0.5) is 4.79 Å². The number of carbonyl (C=O) groups excluding carboxylic acids is 2. The van der Waals surface area contributed by atoms with Gasteiger partial charge >= 0.3 is 6.09 Å². The SMILES string of the molecule is CC(C)(C)OC(=O)N1CCc2nc(C(=O)Cc3cccc(Br)c3Cl)sc2C1. The van der Waals surface area contributed by atoms with Crippen molar-refractivity contribution in [2.75, 3.05) is 6.54 Å². The highest BCUT2D eigenvalue weighted by Gasteiger charge is 2.29. The third-order valence-corrected chi connectivity index (χ3v) is 6.46. The van der Waals surface area contributed by atoms with Gasteiger partial charge in [-0.25, -0.2) is 9.78 Å². The topological polar surface area (TPSA) is 59.5 Å². The van der Waals surface area contributed by atoms with Crippen LogP contribution in [0.25, 0.3) is 0 Å². The second kappa shape index (κ2) is 7.89. The van der Waals surface area contributed by atoms with E-state index in [0.29, 0.717) is 29.5 Å². The van der Waals surface area contributed by atoms with Gasteiger partial charge in [-0.15, -0.1) is 11.3 Å². The van der Waals surface area contributed by atoms with Gasteiger partial charge in [-0.3, -0.25) is 4.79 Å². The molecule has 0 fully saturated rings. The van der Waals surface area contributed by atoms with Crippen LogP contribution in [-0.2, 0) is 24.1 Å². The average molecular weight is 472 g/mol. The number of halogens is 2. The summed E-state index contributed by atoms with van der Waals surface area (Å²) in [5.74, 6) is -0.0711. The fraction of sp³-hybridized carbons (Fsp3) is 0.421. The van der Waals surface area contributed by atoms with E-state index in [4.69, 9.17) is 16.3 Å². The van der Waals surface area contributed by atoms with Gasteiger partial charge in [0.25, 0.3) is 0 Å². The van der Waals surface area contributed by atoms with Crippen LogP contribution in [0.5, 0.6) is 0 Å². The lowest BCUT2D eigenvalue weighted by Crippen LogP contribution is -2.39. The molecule has 0 atom stereocenters. The van der Waals surface area contributed by atoms with E-state index in [1.165, 1.54) is 11.3 Å². The first kappa shape index (κ1) is 20.3. The summed E-state index contributed by atoms with van der Waals surface area (Å²) in [4.78, 5) is 32.0. The van der Waals surface area contributed by atoms with Crippen molar-refractivity contribution in [3.63, 3.8) is 0 Å². The molecule has 3 rings (SSSR count). The summed E-state index contributed by atoms with van der Waals surface area (Å²) in [6.07, 6.45) is 0.478. The number of carbonyl (C=O) groups is 2. The van der Waals surface area contributed by atoms with Crippen LogP contribution in [0.1, 0.15) is 46.7 Å². The standard InChI is InChI=1S/C19H20BrClN2O3S/c1-19(2,3)26-18(25)23-8-7-13-15(10-23)27-17(22-13)14(24)9-11-5-4-6-12(20)16(11)21/h4-6H,7-10H2,1-3H3. The summed E-state index contributed by atoms with van der Waals surface area (Å²) in [7, 11) is 0. The molecule has 1 aromatic carbocycles. The summed E-state index contributed by atoms with van der Waals surface area (Å²) in [5, 5.41) is 1.00. The summed E-state index contributed by atoms with van der Waals surface area (Å²) < 4.78 is 6.20. The second-order valence-electron chi connectivity index (χ2n) is 7.35. The molecule has 5 nitrogen and oxygen atoms in total. The monoisotopic (exact) mass is 470 g/mol. The molecule has 0 spiro atoms. The normalized spacial score (nSPS) is 14.0. The Morgan fingerprint density at radius 2 is 2.11 bits per heavy atom. The molecule has 1 aliphatic heterocycles. The fourth-order valence-corrected chi connectivity index (χ4v) is 4.39. The van der Waals surface area contributed by atoms with E-state index in [1.54, 1.807) is 4.90 Å². The van der Waals surface area contributed by atoms with Crippen molar-refractivity contribution in [3.8, 4) is 0 Å². The summed E-state index contributed by atoms with van der Waals surface area (Å²) in [5.41, 5.74) is 1.12. The van der Waals surface area contributed by atoms with Gasteiger partial charge < -0.3 is 9.64 Å². The number of rotatable bonds is 3. The molecule has 1 amide bonds. The van der Waals surface area contributed by atoms with Crippen LogP contribution in [-0.4, -0.2) is 33.9 Å². The van der Waals surface area contributed by atoms with Gasteiger partial charge in [0, 0.05) is 28.7 Å². The van der Waals surface area contributed by atoms with E-state index in [-0.39, 0.29) is 18.3 Å². The molecule has 0 saturated heterocycles. The van der Waals surface area contributed by atoms with Crippen LogP contribution < -0.4 is 0 Å². The third kappa shape index (κ3) is 4.89. The zero-order valence-electron chi connectivity index (χ0n) is 15.3. The Morgan fingerprint density at radius 3 is 2.81 bits per heavy atom. The highest BCUT2D eigenvalue weighted by molar-refractivity contribution is 9.10. The number of hydrogen-bond acceptors (Lipinski definition) is 5. The van der Waals surface area contributed by atoms with E-state index in [2.05, 4.69) is 20.9 Å². The summed E-state index contributed by atoms with van der Waals surface area (Å²) in [6, 6.07) is 5.52. The van der Waals surface area contributed by atoms with Crippen LogP contribution in [0, 0.1) is 0 Å². The first-order valence-electron chi connectivity index (χ1n) is 8.56. The van der Waals surface area contributed by atoms with Gasteiger partial charge in [-0.2, -0.15) is 0 Å². The maximum Gasteiger partial charge on any atom is 0.410 e. The predicted octanol–water partition coefficient (Wildman–Crippen LogP) is 5.28. The Labute approximate surface area is 175 Å². The molecule has 27 heavy (non-hydrogen) atoms. The molecule has 144 valence electrons. The first-order chi connectivity index (χ1) is 12.6. The number of Topliss-reactive ketones (excluding diaryl/α,β-unsaturated/α-hetero) is 1. The van der Waals surface area contributed by atoms with Crippen LogP contribution in [0.2, 0.25) is 5.02 Å². The second-order valence-corrected chi connectivity index (χ2v) is 9.67. The predicted molar refractivity (Wildman–Crippen MR) is 110 cm³/mol. The fourth-order valence-electron chi connectivity index (χ4n) is 2.73. The first-order valence-corrected chi connectivity index (χ1v) is 10.6. The van der Waals surface area contributed by atoms with Crippen molar-refractivity contribution >= 4 is 50.7 Å². The van der Waals surface area contributed by atoms with Gasteiger partial charge in [0.15, 0.2) is 10.8 Å². The Hall–Kier alpha value is -1.44. The maximum atomic E-state index is 12.7. The Balaban J connectivity index is 1.72. The number of amides is 1. The van der Waals surface area contributed by atoms with Crippen LogP contribution in [0.3, 0.4) is 0 Å². The molecule has 0 saturated carbocycles. The van der Waals surface area contributed by atoms with E-state index in [0.717, 1.165) is 20.6 Å². The van der Waals surface area contributed by atoms with Crippen molar-refractivity contribution in [1.82, 2.24) is 9.88 Å². The quantitative estimate of drug-likeness (QED) is 0.572. The highest BCUT2D eigenvalue weighted by atomic mass is 79.9. The third-order valence-electron chi connectivity index (χ3n) is 4.00. The van der Waals surface area contributed by atoms with Crippen molar-refractivity contribution in [3.05, 3.63) is 48.8 Å². The van der Waals surface area contributed by atoms with Gasteiger partial charge in [-0.1, -0.05) is 23.7 Å². The molecule has 2 aromatic rings. The highest BCUT2D eigenvalue weighted by Crippen LogP contribution is 2.30. The molecule has 1 aromatic heterocycles. The Kier molecular flexibility index (Phi) is 5.93. The minimum atomic E-state index is -0.532. The smallest absolute Gasteiger partial charge is 0.410 e. The molecule has 0 N–H and O–H groups in total. The average Bonchev–Trinajstić information content (AvgIpc) is 3.00. The molecule has 0 bridgehead atoms. The number of ketones is 1. The molecule has 0 aliphatic carbocycles. The lowest BCUT2D eigenvalue weighted by atomic mass is 10.1. The van der Waals surface area contributed by atoms with Crippen molar-refractivity contribution in [2.24, 2.45) is 0 Å². The number of nitrogens with zero attached hydrogens (tertiary/aromatic N) is 2. The van der Waals surface area contributed by atoms with Gasteiger partial charge in [0.2, 0.25) is 0 Å². The maximum absolute atomic E-state index is 12.7. The lowest BCUT2D eigenvalue weighted by Gasteiger charge is -2.29. The van der Waals surface area contributed by atoms with Crippen molar-refractivity contribution in [1.29, 1.82) is 0 Å². The van der Waals surface area contributed by atoms with Crippen molar-refractivity contribution < 1.29 is 14.3 Å². The minimum absolute atomic E-state index is 0.0711. The van der Waals surface area contributed by atoms with E-state index in [9.17, 15) is 9.59 Å². The zero-order valence-corrected chi connectivity index (χ0v) is 18.5. The Bertz CT molecular complexity index is 892. The number of ether oxygens (including phenoxy) is 1. The minimum Gasteiger partial charge on any atom is -0.444 e. The van der Waals surface area contributed by atoms with Crippen LogP contribution >= 0.6 is 38.9 Å². The van der Waals surface area contributed by atoms with Crippen molar-refractivity contribution in [2.45, 2.75) is 45.8 Å². The molecular formula is C19H20BrClN2O3S. The molecule has 0 unspecified atom stereocenters. The lowest BCUT2D eigenvalue weighted by molar-refractivity contribution is 0.0225. The van der Waals surface area contributed by atoms with Gasteiger partial charge in [0.05, 0.1) is 17.3 Å². The summed E-state index contributed by atoms with van der Waals surface area (Å²) in [6.45, 7) is 6.49. The van der Waals surface area contributed by atoms with Gasteiger partial charge in [-0.05, 0) is 48.3 Å². The molecule has 8 heteroatoms. The molecule has 0 radical (unpaired) electrons. The molecule has 2 heterocycles. The largest absolute Gasteiger partial charge is 0.444 e. The molecule has 1 aliphatic rings. The van der Waals surface area contributed by atoms with Gasteiger partial charge in [0.1, 0.15) is 5.60 Å². The number of fused-ring (bicyclic) bond motifs is 1. The Morgan fingerprint density at radius 1 is 1.37 bits per heavy atom. The molecular weight excluding hydrogens is 452 g/mol.